The molecule has 0 aromatic carbocycles. The van der Waals surface area contributed by atoms with Crippen molar-refractivity contribution < 1.29 is 19.8 Å². The van der Waals surface area contributed by atoms with Crippen molar-refractivity contribution in [2.45, 2.75) is 24.3 Å². The van der Waals surface area contributed by atoms with Gasteiger partial charge in [-0.25, -0.2) is 0 Å². The quantitative estimate of drug-likeness (QED) is 0.653. The van der Waals surface area contributed by atoms with Crippen molar-refractivity contribution in [1.29, 1.82) is 0 Å². The van der Waals surface area contributed by atoms with Crippen molar-refractivity contribution in [2.75, 3.05) is 11.5 Å². The molecule has 0 aliphatic rings. The molecule has 0 aromatic heterocycles. The highest BCUT2D eigenvalue weighted by Crippen LogP contribution is 2.16. The van der Waals surface area contributed by atoms with Crippen LogP contribution in [0.3, 0.4) is 0 Å². The molecule has 0 saturated heterocycles. The van der Waals surface area contributed by atoms with Gasteiger partial charge in [0.1, 0.15) is 0 Å². The number of hydrogen-bond donors (Lipinski definition) is 2. The van der Waals surface area contributed by atoms with Crippen LogP contribution in [0.15, 0.2) is 0 Å². The van der Waals surface area contributed by atoms with E-state index in [1.165, 1.54) is 23.5 Å². The number of rotatable bonds is 7. The zero-order chi connectivity index (χ0) is 11.1. The van der Waals surface area contributed by atoms with Crippen molar-refractivity contribution in [3.8, 4) is 0 Å². The van der Waals surface area contributed by atoms with Crippen LogP contribution in [-0.4, -0.2) is 44.2 Å². The van der Waals surface area contributed by atoms with Gasteiger partial charge in [0.25, 0.3) is 0 Å². The van der Waals surface area contributed by atoms with Gasteiger partial charge in [-0.05, 0) is 13.8 Å². The lowest BCUT2D eigenvalue weighted by molar-refractivity contribution is -0.137. The molecule has 2 atom stereocenters. The summed E-state index contributed by atoms with van der Waals surface area (Å²) in [6.07, 6.45) is 0. The molecule has 0 saturated carbocycles. The lowest BCUT2D eigenvalue weighted by atomic mass is 10.5. The minimum atomic E-state index is -0.828. The highest BCUT2D eigenvalue weighted by Gasteiger charge is 2.13. The molecule has 0 radical (unpaired) electrons. The Hall–Kier alpha value is -0.360. The molecule has 0 bridgehead atoms. The van der Waals surface area contributed by atoms with Crippen LogP contribution in [-0.2, 0) is 9.59 Å². The lowest BCUT2D eigenvalue weighted by Crippen LogP contribution is -2.14. The van der Waals surface area contributed by atoms with Crippen LogP contribution in [0.5, 0.6) is 0 Å². The molecule has 0 aliphatic heterocycles. The van der Waals surface area contributed by atoms with Gasteiger partial charge in [-0.2, -0.15) is 0 Å². The predicted octanol–water partition coefficient (Wildman–Crippen LogP) is 1.40. The van der Waals surface area contributed by atoms with Gasteiger partial charge in [0.05, 0.1) is 10.5 Å². The SMILES string of the molecule is CC(SCCSC(C)C(=O)O)C(=O)O. The highest BCUT2D eigenvalue weighted by atomic mass is 32.2. The second kappa shape index (κ2) is 7.00. The highest BCUT2D eigenvalue weighted by molar-refractivity contribution is 8.04. The normalized spacial score (nSPS) is 14.7. The maximum absolute atomic E-state index is 10.4. The van der Waals surface area contributed by atoms with E-state index in [0.29, 0.717) is 11.5 Å². The van der Waals surface area contributed by atoms with E-state index in [1.807, 2.05) is 0 Å². The van der Waals surface area contributed by atoms with Gasteiger partial charge in [0.15, 0.2) is 0 Å². The van der Waals surface area contributed by atoms with Crippen LogP contribution < -0.4 is 0 Å². The number of carboxylic acids is 2. The van der Waals surface area contributed by atoms with Crippen molar-refractivity contribution in [3.63, 3.8) is 0 Å². The summed E-state index contributed by atoms with van der Waals surface area (Å²) in [4.78, 5) is 20.8. The Morgan fingerprint density at radius 2 is 1.29 bits per heavy atom. The molecular formula is C8H14O4S2. The van der Waals surface area contributed by atoms with E-state index in [0.717, 1.165) is 0 Å². The molecule has 2 N–H and O–H groups in total. The molecule has 6 heteroatoms. The molecule has 0 aromatic rings. The third-order valence-electron chi connectivity index (χ3n) is 1.51. The average Bonchev–Trinajstić information content (AvgIpc) is 2.11. The fraction of sp³-hybridized carbons (Fsp3) is 0.750. The largest absolute Gasteiger partial charge is 0.480 e. The lowest BCUT2D eigenvalue weighted by Gasteiger charge is -2.07. The summed E-state index contributed by atoms with van der Waals surface area (Å²) in [5, 5.41) is 16.3. The minimum Gasteiger partial charge on any atom is -0.480 e. The van der Waals surface area contributed by atoms with Crippen molar-refractivity contribution in [1.82, 2.24) is 0 Å². The fourth-order valence-electron chi connectivity index (χ4n) is 0.592. The molecule has 0 rings (SSSR count). The summed E-state index contributed by atoms with van der Waals surface area (Å²) >= 11 is 2.65. The summed E-state index contributed by atoms with van der Waals surface area (Å²) in [6, 6.07) is 0. The maximum atomic E-state index is 10.4. The first-order valence-corrected chi connectivity index (χ1v) is 6.23. The predicted molar refractivity (Wildman–Crippen MR) is 59.1 cm³/mol. The summed E-state index contributed by atoms with van der Waals surface area (Å²) in [5.74, 6) is -0.330. The molecule has 14 heavy (non-hydrogen) atoms. The summed E-state index contributed by atoms with van der Waals surface area (Å²) in [6.45, 7) is 3.25. The number of carboxylic acid groups (broad SMARTS) is 2. The van der Waals surface area contributed by atoms with E-state index in [1.54, 1.807) is 13.8 Å². The molecule has 2 unspecified atom stereocenters. The second-order valence-corrected chi connectivity index (χ2v) is 5.60. The van der Waals surface area contributed by atoms with Crippen LogP contribution >= 0.6 is 23.5 Å². The Morgan fingerprint density at radius 3 is 1.50 bits per heavy atom. The number of thioether (sulfide) groups is 2. The molecule has 0 fully saturated rings. The number of carbonyl (C=O) groups is 2. The third-order valence-corrected chi connectivity index (χ3v) is 4.06. The molecule has 4 nitrogen and oxygen atoms in total. The molecule has 0 aliphatic carbocycles. The van der Waals surface area contributed by atoms with Gasteiger partial charge in [0, 0.05) is 11.5 Å². The monoisotopic (exact) mass is 238 g/mol. The first kappa shape index (κ1) is 13.6. The van der Waals surface area contributed by atoms with Crippen molar-refractivity contribution >= 4 is 35.5 Å². The van der Waals surface area contributed by atoms with Gasteiger partial charge >= 0.3 is 11.9 Å². The van der Waals surface area contributed by atoms with Gasteiger partial charge in [0.2, 0.25) is 0 Å². The Balaban J connectivity index is 3.47. The van der Waals surface area contributed by atoms with E-state index in [2.05, 4.69) is 0 Å². The summed E-state index contributed by atoms with van der Waals surface area (Å²) in [5.41, 5.74) is 0. The molecule has 82 valence electrons. The molecule has 0 amide bonds. The van der Waals surface area contributed by atoms with Crippen LogP contribution in [0.1, 0.15) is 13.8 Å². The average molecular weight is 238 g/mol. The third kappa shape index (κ3) is 6.15. The molecular weight excluding hydrogens is 224 g/mol. The van der Waals surface area contributed by atoms with E-state index in [4.69, 9.17) is 10.2 Å². The van der Waals surface area contributed by atoms with Gasteiger partial charge in [-0.15, -0.1) is 23.5 Å². The maximum Gasteiger partial charge on any atom is 0.316 e. The van der Waals surface area contributed by atoms with Gasteiger partial charge < -0.3 is 10.2 Å². The van der Waals surface area contributed by atoms with Crippen LogP contribution in [0.25, 0.3) is 0 Å². The fourth-order valence-corrected chi connectivity index (χ4v) is 2.35. The zero-order valence-electron chi connectivity index (χ0n) is 8.10. The molecule has 0 heterocycles. The van der Waals surface area contributed by atoms with Crippen LogP contribution in [0.2, 0.25) is 0 Å². The van der Waals surface area contributed by atoms with E-state index in [-0.39, 0.29) is 0 Å². The minimum absolute atomic E-state index is 0.421. The zero-order valence-corrected chi connectivity index (χ0v) is 9.73. The van der Waals surface area contributed by atoms with Gasteiger partial charge in [-0.1, -0.05) is 0 Å². The van der Waals surface area contributed by atoms with E-state index >= 15 is 0 Å². The Bertz CT molecular complexity index is 186. The van der Waals surface area contributed by atoms with E-state index in [9.17, 15) is 9.59 Å². The van der Waals surface area contributed by atoms with Crippen molar-refractivity contribution in [2.24, 2.45) is 0 Å². The van der Waals surface area contributed by atoms with Crippen LogP contribution in [0, 0.1) is 0 Å². The Kier molecular flexibility index (Phi) is 6.82. The van der Waals surface area contributed by atoms with E-state index < -0.39 is 22.4 Å². The Morgan fingerprint density at radius 1 is 1.00 bits per heavy atom. The summed E-state index contributed by atoms with van der Waals surface area (Å²) < 4.78 is 0. The van der Waals surface area contributed by atoms with Crippen molar-refractivity contribution in [3.05, 3.63) is 0 Å². The summed E-state index contributed by atoms with van der Waals surface area (Å²) in [7, 11) is 0. The number of aliphatic carboxylic acids is 2. The first-order chi connectivity index (χ1) is 6.45. The topological polar surface area (TPSA) is 74.6 Å². The molecule has 0 spiro atoms. The number of hydrogen-bond acceptors (Lipinski definition) is 4. The van der Waals surface area contributed by atoms with Gasteiger partial charge in [-0.3, -0.25) is 9.59 Å². The van der Waals surface area contributed by atoms with Crippen LogP contribution in [0.4, 0.5) is 0 Å². The standard InChI is InChI=1S/C8H14O4S2/c1-5(7(9)10)13-3-4-14-6(2)8(11)12/h5-6H,3-4H2,1-2H3,(H,9,10)(H,11,12). The second-order valence-electron chi connectivity index (χ2n) is 2.70. The first-order valence-electron chi connectivity index (χ1n) is 4.14. The smallest absolute Gasteiger partial charge is 0.316 e. The Labute approximate surface area is 91.5 Å².